The van der Waals surface area contributed by atoms with Crippen LogP contribution in [0.3, 0.4) is 0 Å². The topological polar surface area (TPSA) is 56.2 Å². The van der Waals surface area contributed by atoms with Crippen molar-refractivity contribution in [3.05, 3.63) is 47.5 Å². The molecule has 3 aromatic rings. The van der Waals surface area contributed by atoms with Gasteiger partial charge in [0, 0.05) is 12.7 Å². The molecule has 136 valence electrons. The Hall–Kier alpha value is -2.32. The number of aryl methyl sites for hydroxylation is 1. The summed E-state index contributed by atoms with van der Waals surface area (Å²) >= 11 is 7.17. The van der Waals surface area contributed by atoms with Gasteiger partial charge in [-0.1, -0.05) is 35.5 Å². The van der Waals surface area contributed by atoms with Crippen LogP contribution in [-0.4, -0.2) is 27.8 Å². The fraction of sp³-hybridized carbons (Fsp3) is 0.176. The van der Waals surface area contributed by atoms with Crippen molar-refractivity contribution >= 4 is 46.0 Å². The zero-order chi connectivity index (χ0) is 18.7. The van der Waals surface area contributed by atoms with Gasteiger partial charge in [0.2, 0.25) is 5.91 Å². The Kier molecular flexibility index (Phi) is 5.63. The number of thioether (sulfide) groups is 1. The Balaban J connectivity index is 1.62. The van der Waals surface area contributed by atoms with E-state index < -0.39 is 6.61 Å². The molecule has 3 rings (SSSR count). The van der Waals surface area contributed by atoms with Crippen molar-refractivity contribution in [2.75, 3.05) is 11.1 Å². The third kappa shape index (κ3) is 4.25. The standard InChI is InChI=1S/C17H14ClF2N3O2S/c1-23-13-5-3-2-4-12(13)22-17(23)26-9-15(24)21-10-6-7-14(11(18)8-10)25-16(19)20/h2-8,16H,9H2,1H3,(H,21,24). The molecule has 0 aliphatic carbocycles. The molecule has 1 heterocycles. The summed E-state index contributed by atoms with van der Waals surface area (Å²) in [4.78, 5) is 16.6. The highest BCUT2D eigenvalue weighted by Gasteiger charge is 2.12. The largest absolute Gasteiger partial charge is 0.433 e. The maximum Gasteiger partial charge on any atom is 0.387 e. The number of nitrogens with zero attached hydrogens (tertiary/aromatic N) is 2. The highest BCUT2D eigenvalue weighted by molar-refractivity contribution is 7.99. The first-order chi connectivity index (χ1) is 12.4. The second kappa shape index (κ2) is 7.92. The highest BCUT2D eigenvalue weighted by Crippen LogP contribution is 2.29. The second-order valence-corrected chi connectivity index (χ2v) is 6.65. The van der Waals surface area contributed by atoms with Gasteiger partial charge in [-0.15, -0.1) is 0 Å². The van der Waals surface area contributed by atoms with E-state index >= 15 is 0 Å². The van der Waals surface area contributed by atoms with Crippen LogP contribution < -0.4 is 10.1 Å². The van der Waals surface area contributed by atoms with Gasteiger partial charge < -0.3 is 14.6 Å². The summed E-state index contributed by atoms with van der Waals surface area (Å²) in [7, 11) is 1.89. The molecular formula is C17H14ClF2N3O2S. The predicted molar refractivity (Wildman–Crippen MR) is 98.2 cm³/mol. The Morgan fingerprint density at radius 3 is 2.81 bits per heavy atom. The smallest absolute Gasteiger partial charge is 0.387 e. The first-order valence-electron chi connectivity index (χ1n) is 7.52. The number of imidazole rings is 1. The van der Waals surface area contributed by atoms with Gasteiger partial charge in [-0.2, -0.15) is 8.78 Å². The Morgan fingerprint density at radius 2 is 2.12 bits per heavy atom. The van der Waals surface area contributed by atoms with E-state index in [0.717, 1.165) is 16.2 Å². The first kappa shape index (κ1) is 18.5. The number of hydrogen-bond acceptors (Lipinski definition) is 4. The number of fused-ring (bicyclic) bond motifs is 1. The van der Waals surface area contributed by atoms with Crippen LogP contribution in [-0.2, 0) is 11.8 Å². The van der Waals surface area contributed by atoms with Crippen LogP contribution in [0.5, 0.6) is 5.75 Å². The van der Waals surface area contributed by atoms with E-state index in [9.17, 15) is 13.6 Å². The van der Waals surface area contributed by atoms with Crippen LogP contribution in [0.15, 0.2) is 47.6 Å². The minimum absolute atomic E-state index is 0.00824. The predicted octanol–water partition coefficient (Wildman–Crippen LogP) is 4.56. The van der Waals surface area contributed by atoms with Crippen molar-refractivity contribution in [1.82, 2.24) is 9.55 Å². The third-order valence-electron chi connectivity index (χ3n) is 3.51. The van der Waals surface area contributed by atoms with Crippen molar-refractivity contribution in [3.63, 3.8) is 0 Å². The van der Waals surface area contributed by atoms with Crippen LogP contribution in [0.4, 0.5) is 14.5 Å². The Labute approximate surface area is 157 Å². The highest BCUT2D eigenvalue weighted by atomic mass is 35.5. The van der Waals surface area contributed by atoms with Crippen LogP contribution in [0, 0.1) is 0 Å². The number of carbonyl (C=O) groups is 1. The number of halogens is 3. The van der Waals surface area contributed by atoms with Crippen molar-refractivity contribution in [2.24, 2.45) is 7.05 Å². The number of carbonyl (C=O) groups excluding carboxylic acids is 1. The second-order valence-electron chi connectivity index (χ2n) is 5.30. The molecule has 9 heteroatoms. The number of alkyl halides is 2. The van der Waals surface area contributed by atoms with Gasteiger partial charge in [0.05, 0.1) is 21.8 Å². The molecule has 0 aliphatic rings. The summed E-state index contributed by atoms with van der Waals surface area (Å²) in [5, 5.41) is 3.38. The molecule has 26 heavy (non-hydrogen) atoms. The van der Waals surface area contributed by atoms with Gasteiger partial charge in [0.25, 0.3) is 0 Å². The number of aromatic nitrogens is 2. The van der Waals surface area contributed by atoms with Crippen LogP contribution in [0.25, 0.3) is 11.0 Å². The van der Waals surface area contributed by atoms with E-state index in [4.69, 9.17) is 11.6 Å². The zero-order valence-corrected chi connectivity index (χ0v) is 15.2. The molecule has 0 spiro atoms. The van der Waals surface area contributed by atoms with Crippen LogP contribution in [0.2, 0.25) is 5.02 Å². The number of anilines is 1. The normalized spacial score (nSPS) is 11.1. The van der Waals surface area contributed by atoms with Crippen molar-refractivity contribution < 1.29 is 18.3 Å². The lowest BCUT2D eigenvalue weighted by Crippen LogP contribution is -2.14. The van der Waals surface area contributed by atoms with Crippen molar-refractivity contribution in [3.8, 4) is 5.75 Å². The number of nitrogens with one attached hydrogen (secondary N) is 1. The van der Waals surface area contributed by atoms with Crippen LogP contribution in [0.1, 0.15) is 0 Å². The van der Waals surface area contributed by atoms with E-state index in [1.807, 2.05) is 35.9 Å². The Bertz CT molecular complexity index is 949. The summed E-state index contributed by atoms with van der Waals surface area (Å²) < 4.78 is 30.6. The summed E-state index contributed by atoms with van der Waals surface area (Å²) in [6.45, 7) is -2.96. The molecule has 1 amide bonds. The molecule has 1 aromatic heterocycles. The molecule has 0 atom stereocenters. The number of amides is 1. The van der Waals surface area contributed by atoms with Crippen molar-refractivity contribution in [1.29, 1.82) is 0 Å². The summed E-state index contributed by atoms with van der Waals surface area (Å²) in [5.41, 5.74) is 2.24. The number of ether oxygens (including phenoxy) is 1. The SMILES string of the molecule is Cn1c(SCC(=O)Nc2ccc(OC(F)F)c(Cl)c2)nc2ccccc21. The Morgan fingerprint density at radius 1 is 1.35 bits per heavy atom. The maximum atomic E-state index is 12.2. The first-order valence-corrected chi connectivity index (χ1v) is 8.89. The lowest BCUT2D eigenvalue weighted by molar-refractivity contribution is -0.113. The average Bonchev–Trinajstić information content (AvgIpc) is 2.92. The van der Waals surface area contributed by atoms with Gasteiger partial charge >= 0.3 is 6.61 Å². The molecule has 0 radical (unpaired) electrons. The zero-order valence-electron chi connectivity index (χ0n) is 13.6. The van der Waals surface area contributed by atoms with Gasteiger partial charge in [-0.25, -0.2) is 4.98 Å². The van der Waals surface area contributed by atoms with Crippen molar-refractivity contribution in [2.45, 2.75) is 11.8 Å². The molecule has 0 bridgehead atoms. The molecule has 0 fully saturated rings. The maximum absolute atomic E-state index is 12.2. The summed E-state index contributed by atoms with van der Waals surface area (Å²) in [6.07, 6.45) is 0. The van der Waals surface area contributed by atoms with E-state index in [1.54, 1.807) is 0 Å². The molecule has 0 saturated heterocycles. The van der Waals surface area contributed by atoms with Gasteiger partial charge in [0.15, 0.2) is 5.16 Å². The lowest BCUT2D eigenvalue weighted by atomic mass is 10.3. The molecular weight excluding hydrogens is 384 g/mol. The number of benzene rings is 2. The van der Waals surface area contributed by atoms with E-state index in [1.165, 1.54) is 30.0 Å². The molecule has 2 aromatic carbocycles. The quantitative estimate of drug-likeness (QED) is 0.619. The third-order valence-corrected chi connectivity index (χ3v) is 4.84. The molecule has 1 N–H and O–H groups in total. The number of rotatable bonds is 6. The average molecular weight is 398 g/mol. The number of para-hydroxylation sites is 2. The van der Waals surface area contributed by atoms with Gasteiger partial charge in [-0.3, -0.25) is 4.79 Å². The van der Waals surface area contributed by atoms with E-state index in [0.29, 0.717) is 5.69 Å². The van der Waals surface area contributed by atoms with Crippen LogP contribution >= 0.6 is 23.4 Å². The molecule has 0 saturated carbocycles. The van der Waals surface area contributed by atoms with E-state index in [2.05, 4.69) is 15.0 Å². The van der Waals surface area contributed by atoms with E-state index in [-0.39, 0.29) is 22.4 Å². The fourth-order valence-electron chi connectivity index (χ4n) is 2.35. The fourth-order valence-corrected chi connectivity index (χ4v) is 3.36. The molecule has 5 nitrogen and oxygen atoms in total. The summed E-state index contributed by atoms with van der Waals surface area (Å²) in [5.74, 6) is -0.265. The molecule has 0 unspecified atom stereocenters. The molecule has 0 aliphatic heterocycles. The minimum Gasteiger partial charge on any atom is -0.433 e. The number of hydrogen-bond donors (Lipinski definition) is 1. The van der Waals surface area contributed by atoms with Gasteiger partial charge in [-0.05, 0) is 30.3 Å². The summed E-state index contributed by atoms with van der Waals surface area (Å²) in [6, 6.07) is 11.8. The monoisotopic (exact) mass is 397 g/mol. The minimum atomic E-state index is -2.96. The van der Waals surface area contributed by atoms with Gasteiger partial charge in [0.1, 0.15) is 5.75 Å². The lowest BCUT2D eigenvalue weighted by Gasteiger charge is -2.09.